The monoisotopic (exact) mass is 617 g/mol. The van der Waals surface area contributed by atoms with E-state index in [2.05, 4.69) is 66.6 Å². The molecular formula is C33H32ClFe2N3+4. The molecule has 0 amide bonds. The Balaban J connectivity index is 0.000000373. The fourth-order valence-corrected chi connectivity index (χ4v) is 4.20. The molecule has 0 unspecified atom stereocenters. The van der Waals surface area contributed by atoms with Gasteiger partial charge in [0, 0.05) is 48.5 Å². The summed E-state index contributed by atoms with van der Waals surface area (Å²) in [5, 5.41) is 5.38. The molecule has 2 aromatic rings. The first kappa shape index (κ1) is 34.9. The van der Waals surface area contributed by atoms with Gasteiger partial charge in [-0.2, -0.15) is 0 Å². The second kappa shape index (κ2) is 20.6. The first-order valence-corrected chi connectivity index (χ1v) is 12.9. The first-order valence-electron chi connectivity index (χ1n) is 12.5. The van der Waals surface area contributed by atoms with Gasteiger partial charge in [0.1, 0.15) is 0 Å². The minimum absolute atomic E-state index is 0. The number of benzene rings is 1. The molecule has 1 N–H and O–H groups in total. The molecule has 4 aliphatic rings. The minimum atomic E-state index is 0. The van der Waals surface area contributed by atoms with Crippen molar-refractivity contribution in [3.63, 3.8) is 0 Å². The maximum atomic E-state index is 6.09. The van der Waals surface area contributed by atoms with Gasteiger partial charge in [-0.3, -0.25) is 4.98 Å². The number of halogens is 1. The third kappa shape index (κ3) is 13.1. The van der Waals surface area contributed by atoms with Crippen molar-refractivity contribution in [2.45, 2.75) is 0 Å². The summed E-state index contributed by atoms with van der Waals surface area (Å²) >= 11 is 6.09. The van der Waals surface area contributed by atoms with Gasteiger partial charge in [0.15, 0.2) is 0 Å². The number of hydrogen-bond acceptors (Lipinski definition) is 3. The van der Waals surface area contributed by atoms with Crippen molar-refractivity contribution >= 4 is 28.2 Å². The largest absolute Gasteiger partial charge is 2.00 e. The number of hydrogen-bond donors (Lipinski definition) is 1. The molecule has 0 bridgehead atoms. The van der Waals surface area contributed by atoms with E-state index in [-0.39, 0.29) is 34.1 Å². The van der Waals surface area contributed by atoms with Gasteiger partial charge in [-0.25, -0.2) is 0 Å². The summed E-state index contributed by atoms with van der Waals surface area (Å²) in [4.78, 5) is 6.88. The van der Waals surface area contributed by atoms with E-state index in [1.54, 1.807) is 0 Å². The summed E-state index contributed by atoms with van der Waals surface area (Å²) in [6.45, 7) is 3.72. The summed E-state index contributed by atoms with van der Waals surface area (Å²) in [7, 11) is 0. The van der Waals surface area contributed by atoms with Gasteiger partial charge in [-0.05, 0) is 152 Å². The molecule has 4 saturated carbocycles. The van der Waals surface area contributed by atoms with Crippen molar-refractivity contribution in [2.75, 3.05) is 31.5 Å². The Morgan fingerprint density at radius 1 is 0.641 bits per heavy atom. The molecule has 4 aliphatic carbocycles. The Morgan fingerprint density at radius 3 is 1.62 bits per heavy atom. The molecule has 20 radical (unpaired) electrons. The van der Waals surface area contributed by atoms with E-state index in [9.17, 15) is 0 Å². The maximum absolute atomic E-state index is 6.09. The van der Waals surface area contributed by atoms with Crippen LogP contribution in [0, 0.1) is 127 Å². The Hall–Kier alpha value is -0.281. The molecule has 39 heavy (non-hydrogen) atoms. The maximum Gasteiger partial charge on any atom is 2.00 e. The number of nitrogens with zero attached hydrogens (tertiary/aromatic N) is 2. The number of pyridine rings is 1. The molecule has 1 aromatic heterocycles. The van der Waals surface area contributed by atoms with Gasteiger partial charge < -0.3 is 10.2 Å². The van der Waals surface area contributed by atoms with Gasteiger partial charge in [0.05, 0.1) is 5.52 Å². The van der Waals surface area contributed by atoms with Crippen LogP contribution in [0.5, 0.6) is 0 Å². The molecule has 0 saturated heterocycles. The first-order chi connectivity index (χ1) is 18.3. The fourth-order valence-electron chi connectivity index (χ4n) is 4.03. The van der Waals surface area contributed by atoms with Crippen molar-refractivity contribution in [1.82, 2.24) is 9.88 Å². The SMILES string of the molecule is Clc1ccc2c(NCCN(C[C]3[CH][CH][CH][CH]3)C[C]3[CH][CH][CH][CH]3)ccnc2c1.[CH]1[CH][CH][CH][CH]1.[CH]1[CH][CH][CH][CH]1.[Fe+2].[Fe+2]. The Labute approximate surface area is 265 Å². The molecule has 0 atom stereocenters. The van der Waals surface area contributed by atoms with Crippen molar-refractivity contribution in [2.24, 2.45) is 0 Å². The Bertz CT molecular complexity index is 848. The average molecular weight is 618 g/mol. The van der Waals surface area contributed by atoms with Crippen LogP contribution in [0.1, 0.15) is 0 Å². The van der Waals surface area contributed by atoms with Gasteiger partial charge in [0.25, 0.3) is 0 Å². The molecule has 0 aliphatic heterocycles. The van der Waals surface area contributed by atoms with Gasteiger partial charge in [-0.15, -0.1) is 0 Å². The topological polar surface area (TPSA) is 28.2 Å². The standard InChI is InChI=1S/C23H22ClN3.2C5H5.2Fe/c24-20-9-10-21-22(11-12-25-23(21)15-20)26-13-14-27(16-18-5-1-2-6-18)17-19-7-3-4-8-19;2*1-2-4-5-3-1;;/h1-12,15H,13-14,16-17H2,(H,25,26);2*1-5H;;/q;;;2*+2. The third-order valence-electron chi connectivity index (χ3n) is 5.84. The summed E-state index contributed by atoms with van der Waals surface area (Å²) < 4.78 is 0. The van der Waals surface area contributed by atoms with Crippen LogP contribution in [-0.4, -0.2) is 36.1 Å². The molecule has 4 fully saturated rings. The third-order valence-corrected chi connectivity index (χ3v) is 6.07. The van der Waals surface area contributed by atoms with Crippen molar-refractivity contribution in [1.29, 1.82) is 0 Å². The summed E-state index contributed by atoms with van der Waals surface area (Å²) in [6.07, 6.45) is 39.0. The van der Waals surface area contributed by atoms with Crippen LogP contribution in [0.4, 0.5) is 5.69 Å². The average Bonchev–Trinajstić information content (AvgIpc) is 3.74. The zero-order valence-corrected chi connectivity index (χ0v) is 24.6. The molecular weight excluding hydrogens is 586 g/mol. The van der Waals surface area contributed by atoms with E-state index >= 15 is 0 Å². The summed E-state index contributed by atoms with van der Waals surface area (Å²) in [5.41, 5.74) is 2.01. The summed E-state index contributed by atoms with van der Waals surface area (Å²) in [5.74, 6) is 2.70. The minimum Gasteiger partial charge on any atom is -0.383 e. The van der Waals surface area contributed by atoms with Gasteiger partial charge in [0.2, 0.25) is 0 Å². The van der Waals surface area contributed by atoms with Gasteiger partial charge in [-0.1, -0.05) is 11.6 Å². The Morgan fingerprint density at radius 2 is 1.13 bits per heavy atom. The number of nitrogens with one attached hydrogen (secondary N) is 1. The smallest absolute Gasteiger partial charge is 0.383 e. The Kier molecular flexibility index (Phi) is 18.4. The second-order valence-electron chi connectivity index (χ2n) is 8.67. The number of anilines is 1. The van der Waals surface area contributed by atoms with Crippen molar-refractivity contribution in [3.05, 3.63) is 163 Å². The van der Waals surface area contributed by atoms with E-state index in [0.29, 0.717) is 5.02 Å². The van der Waals surface area contributed by atoms with E-state index in [1.807, 2.05) is 94.7 Å². The van der Waals surface area contributed by atoms with Crippen LogP contribution in [-0.2, 0) is 34.1 Å². The zero-order valence-electron chi connectivity index (χ0n) is 21.6. The van der Waals surface area contributed by atoms with E-state index in [0.717, 1.165) is 42.8 Å². The van der Waals surface area contributed by atoms with E-state index < -0.39 is 0 Å². The molecule has 0 spiro atoms. The fraction of sp³-hybridized carbons (Fsp3) is 0.121. The molecule has 198 valence electrons. The van der Waals surface area contributed by atoms with Crippen LogP contribution < -0.4 is 5.32 Å². The van der Waals surface area contributed by atoms with Crippen LogP contribution in [0.15, 0.2) is 30.5 Å². The second-order valence-corrected chi connectivity index (χ2v) is 9.10. The quantitative estimate of drug-likeness (QED) is 0.345. The normalized spacial score (nSPS) is 19.1. The molecule has 6 heteroatoms. The molecule has 1 aromatic carbocycles. The van der Waals surface area contributed by atoms with Crippen LogP contribution in [0.25, 0.3) is 10.9 Å². The predicted octanol–water partition coefficient (Wildman–Crippen LogP) is 6.45. The van der Waals surface area contributed by atoms with E-state index in [4.69, 9.17) is 11.6 Å². The molecule has 1 heterocycles. The zero-order chi connectivity index (χ0) is 25.5. The van der Waals surface area contributed by atoms with Crippen molar-refractivity contribution < 1.29 is 34.1 Å². The summed E-state index contributed by atoms with van der Waals surface area (Å²) in [6, 6.07) is 7.86. The number of aromatic nitrogens is 1. The molecule has 6 rings (SSSR count). The predicted molar refractivity (Wildman–Crippen MR) is 156 cm³/mol. The van der Waals surface area contributed by atoms with Crippen LogP contribution >= 0.6 is 11.6 Å². The van der Waals surface area contributed by atoms with Crippen LogP contribution in [0.2, 0.25) is 5.02 Å². The van der Waals surface area contributed by atoms with Gasteiger partial charge >= 0.3 is 34.1 Å². The number of fused-ring (bicyclic) bond motifs is 1. The van der Waals surface area contributed by atoms with Crippen molar-refractivity contribution in [3.8, 4) is 0 Å². The van der Waals surface area contributed by atoms with Crippen LogP contribution in [0.3, 0.4) is 0 Å². The number of rotatable bonds is 8. The van der Waals surface area contributed by atoms with E-state index in [1.165, 1.54) is 11.8 Å². The molecule has 3 nitrogen and oxygen atoms in total.